The molecule has 4 atom stereocenters. The van der Waals surface area contributed by atoms with Crippen molar-refractivity contribution in [3.05, 3.63) is 35.9 Å². The van der Waals surface area contributed by atoms with Gasteiger partial charge in [0.05, 0.1) is 6.10 Å². The number of alkyl carbamates (subject to hydrolysis) is 3. The number of amides is 5. The molecule has 16 heteroatoms. The highest BCUT2D eigenvalue weighted by Gasteiger charge is 2.32. The van der Waals surface area contributed by atoms with Gasteiger partial charge in [-0.25, -0.2) is 19.2 Å². The smallest absolute Gasteiger partial charge is 0.408 e. The van der Waals surface area contributed by atoms with Crippen molar-refractivity contribution in [2.24, 2.45) is 0 Å². The van der Waals surface area contributed by atoms with Gasteiger partial charge >= 0.3 is 24.2 Å². The molecular weight excluding hydrogens is 606 g/mol. The third-order valence-electron chi connectivity index (χ3n) is 5.70. The molecule has 258 valence electrons. The number of hydrogen-bond acceptors (Lipinski definition) is 10. The minimum Gasteiger partial charge on any atom is -0.480 e. The molecule has 0 aliphatic rings. The van der Waals surface area contributed by atoms with E-state index >= 15 is 0 Å². The second-order valence-electron chi connectivity index (χ2n) is 12.3. The summed E-state index contributed by atoms with van der Waals surface area (Å²) in [6, 6.07) is 4.25. The monoisotopic (exact) mass is 653 g/mol. The van der Waals surface area contributed by atoms with Crippen LogP contribution in [0.5, 0.6) is 0 Å². The Labute approximate surface area is 268 Å². The van der Waals surface area contributed by atoms with Gasteiger partial charge in [0.15, 0.2) is 0 Å². The number of ether oxygens (including phenoxy) is 3. The van der Waals surface area contributed by atoms with Crippen LogP contribution in [0, 0.1) is 0 Å². The maximum Gasteiger partial charge on any atom is 0.408 e. The number of carboxylic acid groups (broad SMARTS) is 1. The van der Waals surface area contributed by atoms with Crippen LogP contribution in [0.4, 0.5) is 14.4 Å². The molecule has 0 heterocycles. The van der Waals surface area contributed by atoms with Gasteiger partial charge < -0.3 is 51.0 Å². The van der Waals surface area contributed by atoms with Crippen LogP contribution in [0.1, 0.15) is 66.9 Å². The Bertz CT molecular complexity index is 1180. The summed E-state index contributed by atoms with van der Waals surface area (Å²) >= 11 is 0. The first-order chi connectivity index (χ1) is 21.3. The lowest BCUT2D eigenvalue weighted by Gasteiger charge is -2.26. The molecule has 5 amide bonds. The number of aliphatic hydroxyl groups is 1. The SMILES string of the molecule is C[C@H](O)[C@@H](NC(=O)[C@H](CCNC(=O)OC(C)(C)C)NC(=O)OCc1ccccc1)C(=O)N[C@@H](CCNC(=O)OC(C)(C)C)C(=O)O. The van der Waals surface area contributed by atoms with Crippen molar-refractivity contribution < 1.29 is 53.2 Å². The van der Waals surface area contributed by atoms with Crippen LogP contribution in [0.2, 0.25) is 0 Å². The van der Waals surface area contributed by atoms with Crippen molar-refractivity contribution in [2.75, 3.05) is 13.1 Å². The van der Waals surface area contributed by atoms with Gasteiger partial charge in [-0.1, -0.05) is 30.3 Å². The largest absolute Gasteiger partial charge is 0.480 e. The van der Waals surface area contributed by atoms with Gasteiger partial charge in [-0.2, -0.15) is 0 Å². The summed E-state index contributed by atoms with van der Waals surface area (Å²) in [7, 11) is 0. The molecule has 0 saturated heterocycles. The number of nitrogens with one attached hydrogen (secondary N) is 5. The van der Waals surface area contributed by atoms with E-state index in [4.69, 9.17) is 14.2 Å². The number of benzene rings is 1. The maximum absolute atomic E-state index is 13.3. The summed E-state index contributed by atoms with van der Waals surface area (Å²) in [5.41, 5.74) is -0.868. The zero-order chi connectivity index (χ0) is 35.1. The lowest BCUT2D eigenvalue weighted by Crippen LogP contribution is -2.59. The van der Waals surface area contributed by atoms with Crippen molar-refractivity contribution in [1.29, 1.82) is 0 Å². The molecular formula is C30H47N5O11. The highest BCUT2D eigenvalue weighted by molar-refractivity contribution is 5.93. The molecule has 0 fully saturated rings. The van der Waals surface area contributed by atoms with Crippen molar-refractivity contribution in [1.82, 2.24) is 26.6 Å². The van der Waals surface area contributed by atoms with Crippen LogP contribution in [0.25, 0.3) is 0 Å². The van der Waals surface area contributed by atoms with Gasteiger partial charge in [0.1, 0.15) is 35.9 Å². The average Bonchev–Trinajstić information content (AvgIpc) is 2.91. The van der Waals surface area contributed by atoms with E-state index in [9.17, 15) is 39.0 Å². The predicted molar refractivity (Wildman–Crippen MR) is 164 cm³/mol. The highest BCUT2D eigenvalue weighted by Crippen LogP contribution is 2.08. The first-order valence-corrected chi connectivity index (χ1v) is 14.7. The van der Waals surface area contributed by atoms with E-state index in [1.54, 1.807) is 71.9 Å². The standard InChI is InChI=1S/C30H47N5O11/c1-18(36)22(24(38)33-21(25(39)40)14-16-32-27(42)46-30(5,6)7)35-23(37)20(13-15-31-26(41)45-29(2,3)4)34-28(43)44-17-19-11-9-8-10-12-19/h8-12,18,20-22,36H,13-17H2,1-7H3,(H,31,41)(H,32,42)(H,33,38)(H,34,43)(H,35,37)(H,39,40)/t18-,20-,21-,22+/m0/s1. The zero-order valence-corrected chi connectivity index (χ0v) is 27.3. The summed E-state index contributed by atoms with van der Waals surface area (Å²) in [4.78, 5) is 74.6. The Balaban J connectivity index is 2.94. The molecule has 0 aromatic heterocycles. The molecule has 16 nitrogen and oxygen atoms in total. The first kappa shape index (κ1) is 39.4. The molecule has 0 aliphatic heterocycles. The number of aliphatic carboxylic acids is 1. The maximum atomic E-state index is 13.3. The van der Waals surface area contributed by atoms with Crippen LogP contribution in [0.15, 0.2) is 30.3 Å². The molecule has 0 saturated carbocycles. The number of rotatable bonds is 15. The summed E-state index contributed by atoms with van der Waals surface area (Å²) in [6.07, 6.45) is -4.42. The number of carbonyl (C=O) groups excluding carboxylic acids is 5. The Morgan fingerprint density at radius 1 is 0.717 bits per heavy atom. The molecule has 46 heavy (non-hydrogen) atoms. The fraction of sp³-hybridized carbons (Fsp3) is 0.600. The van der Waals surface area contributed by atoms with Crippen molar-refractivity contribution >= 4 is 36.1 Å². The van der Waals surface area contributed by atoms with Crippen molar-refractivity contribution in [3.8, 4) is 0 Å². The molecule has 0 spiro atoms. The molecule has 0 bridgehead atoms. The van der Waals surface area contributed by atoms with E-state index in [2.05, 4.69) is 26.6 Å². The van der Waals surface area contributed by atoms with Gasteiger partial charge in [-0.05, 0) is 66.9 Å². The average molecular weight is 654 g/mol. The zero-order valence-electron chi connectivity index (χ0n) is 27.3. The summed E-state index contributed by atoms with van der Waals surface area (Å²) in [6.45, 7) is 10.8. The van der Waals surface area contributed by atoms with Crippen molar-refractivity contribution in [3.63, 3.8) is 0 Å². The van der Waals surface area contributed by atoms with E-state index in [0.717, 1.165) is 0 Å². The summed E-state index contributed by atoms with van der Waals surface area (Å²) < 4.78 is 15.4. The first-order valence-electron chi connectivity index (χ1n) is 14.7. The summed E-state index contributed by atoms with van der Waals surface area (Å²) in [5, 5.41) is 31.7. The minimum absolute atomic E-state index is 0.102. The topological polar surface area (TPSA) is 231 Å². The molecule has 1 aromatic rings. The second kappa shape index (κ2) is 18.4. The van der Waals surface area contributed by atoms with E-state index < -0.39 is 71.5 Å². The van der Waals surface area contributed by atoms with Gasteiger partial charge in [0.25, 0.3) is 0 Å². The van der Waals surface area contributed by atoms with E-state index in [1.165, 1.54) is 6.92 Å². The molecule has 0 aliphatic carbocycles. The van der Waals surface area contributed by atoms with E-state index in [0.29, 0.717) is 5.56 Å². The Kier molecular flexibility index (Phi) is 15.8. The molecule has 1 aromatic carbocycles. The normalized spacial score (nSPS) is 13.9. The fourth-order valence-corrected chi connectivity index (χ4v) is 3.62. The Morgan fingerprint density at radius 3 is 1.67 bits per heavy atom. The Hall–Kier alpha value is -4.60. The van der Waals surface area contributed by atoms with Gasteiger partial charge in [0, 0.05) is 13.1 Å². The van der Waals surface area contributed by atoms with Gasteiger partial charge in [0.2, 0.25) is 11.8 Å². The minimum atomic E-state index is -1.64. The second-order valence-corrected chi connectivity index (χ2v) is 12.3. The van der Waals surface area contributed by atoms with E-state index in [1.807, 2.05) is 0 Å². The quantitative estimate of drug-likeness (QED) is 0.134. The Morgan fingerprint density at radius 2 is 1.22 bits per heavy atom. The predicted octanol–water partition coefficient (Wildman–Crippen LogP) is 1.55. The summed E-state index contributed by atoms with van der Waals surface area (Å²) in [5.74, 6) is -3.39. The fourth-order valence-electron chi connectivity index (χ4n) is 3.62. The van der Waals surface area contributed by atoms with Crippen molar-refractivity contribution in [2.45, 2.75) is 103 Å². The third kappa shape index (κ3) is 17.0. The highest BCUT2D eigenvalue weighted by atomic mass is 16.6. The molecule has 1 rings (SSSR count). The number of carbonyl (C=O) groups is 6. The number of carboxylic acids is 1. The molecule has 7 N–H and O–H groups in total. The van der Waals surface area contributed by atoms with Gasteiger partial charge in [-0.3, -0.25) is 9.59 Å². The van der Waals surface area contributed by atoms with Crippen LogP contribution in [-0.4, -0.2) is 94.8 Å². The number of hydrogen-bond donors (Lipinski definition) is 7. The molecule has 0 unspecified atom stereocenters. The van der Waals surface area contributed by atoms with E-state index in [-0.39, 0.29) is 32.5 Å². The lowest BCUT2D eigenvalue weighted by molar-refractivity contribution is -0.143. The van der Waals surface area contributed by atoms with Crippen LogP contribution < -0.4 is 26.6 Å². The lowest BCUT2D eigenvalue weighted by atomic mass is 10.1. The van der Waals surface area contributed by atoms with Crippen LogP contribution in [-0.2, 0) is 35.2 Å². The third-order valence-corrected chi connectivity index (χ3v) is 5.70. The van der Waals surface area contributed by atoms with Crippen LogP contribution in [0.3, 0.4) is 0 Å². The molecule has 0 radical (unpaired) electrons. The van der Waals surface area contributed by atoms with Crippen LogP contribution >= 0.6 is 0 Å². The van der Waals surface area contributed by atoms with Gasteiger partial charge in [-0.15, -0.1) is 0 Å². The number of aliphatic hydroxyl groups excluding tert-OH is 1.